The number of benzene rings is 1. The first-order chi connectivity index (χ1) is 12.0. The van der Waals surface area contributed by atoms with Gasteiger partial charge < -0.3 is 25.4 Å². The fourth-order valence-electron chi connectivity index (χ4n) is 2.79. The molecular weight excluding hydrogens is 371 g/mol. The highest BCUT2D eigenvalue weighted by molar-refractivity contribution is 7.80. The minimum atomic E-state index is -5.15. The Morgan fingerprint density at radius 1 is 1.35 bits per heavy atom. The van der Waals surface area contributed by atoms with Gasteiger partial charge in [0.15, 0.2) is 5.11 Å². The second-order valence-electron chi connectivity index (χ2n) is 6.06. The summed E-state index contributed by atoms with van der Waals surface area (Å²) in [6, 6.07) is 5.31. The van der Waals surface area contributed by atoms with E-state index in [1.54, 1.807) is 29.6 Å². The Hall–Kier alpha value is -2.07. The largest absolute Gasteiger partial charge is 0.466 e. The van der Waals surface area contributed by atoms with Gasteiger partial charge in [-0.25, -0.2) is 0 Å². The van der Waals surface area contributed by atoms with Crippen LogP contribution >= 0.6 is 12.2 Å². The van der Waals surface area contributed by atoms with Crippen LogP contribution in [0.4, 0.5) is 18.9 Å². The fraction of sp³-hybridized carbons (Fsp3) is 0.500. The molecule has 2 rings (SSSR count). The molecule has 0 radical (unpaired) electrons. The van der Waals surface area contributed by atoms with Gasteiger partial charge in [-0.3, -0.25) is 4.79 Å². The van der Waals surface area contributed by atoms with Gasteiger partial charge in [0.2, 0.25) is 0 Å². The predicted octanol–water partition coefficient (Wildman–Crippen LogP) is 1.70. The van der Waals surface area contributed by atoms with Crippen LogP contribution in [0.1, 0.15) is 18.5 Å². The molecule has 3 unspecified atom stereocenters. The first kappa shape index (κ1) is 20.2. The van der Waals surface area contributed by atoms with Crippen LogP contribution in [0.2, 0.25) is 0 Å². The molecule has 0 amide bonds. The van der Waals surface area contributed by atoms with E-state index in [1.807, 2.05) is 19.0 Å². The number of halogens is 3. The van der Waals surface area contributed by atoms with Crippen molar-refractivity contribution < 1.29 is 27.8 Å². The number of hydrogen-bond donors (Lipinski definition) is 3. The maximum atomic E-state index is 13.6. The summed E-state index contributed by atoms with van der Waals surface area (Å²) in [5.74, 6) is -3.17. The second kappa shape index (κ2) is 7.28. The van der Waals surface area contributed by atoms with Gasteiger partial charge in [0.1, 0.15) is 5.92 Å². The van der Waals surface area contributed by atoms with E-state index < -0.39 is 34.9 Å². The molecule has 0 saturated carbocycles. The van der Waals surface area contributed by atoms with Gasteiger partial charge >= 0.3 is 12.1 Å². The zero-order chi connectivity index (χ0) is 19.7. The number of aliphatic hydroxyl groups is 1. The van der Waals surface area contributed by atoms with E-state index in [9.17, 15) is 23.1 Å². The maximum Gasteiger partial charge on any atom is 0.437 e. The van der Waals surface area contributed by atoms with Crippen LogP contribution in [0.5, 0.6) is 0 Å². The Kier molecular flexibility index (Phi) is 5.67. The van der Waals surface area contributed by atoms with E-state index >= 15 is 0 Å². The lowest BCUT2D eigenvalue weighted by Gasteiger charge is -2.45. The third-order valence-electron chi connectivity index (χ3n) is 4.12. The Morgan fingerprint density at radius 2 is 1.92 bits per heavy atom. The predicted molar refractivity (Wildman–Crippen MR) is 93.5 cm³/mol. The molecule has 1 fully saturated rings. The molecule has 0 aliphatic carbocycles. The lowest BCUT2D eigenvalue weighted by atomic mass is 9.82. The quantitative estimate of drug-likeness (QED) is 0.533. The molecule has 26 heavy (non-hydrogen) atoms. The molecule has 0 aromatic heterocycles. The lowest BCUT2D eigenvalue weighted by molar-refractivity contribution is -0.292. The number of carbonyl (C=O) groups is 1. The first-order valence-electron chi connectivity index (χ1n) is 7.83. The van der Waals surface area contributed by atoms with Crippen molar-refractivity contribution in [2.75, 3.05) is 25.6 Å². The van der Waals surface area contributed by atoms with Gasteiger partial charge in [0, 0.05) is 19.8 Å². The standard InChI is InChI=1S/C16H20F3N3O3S/c1-4-25-13(23)11-12(9-5-7-10(8-6-9)22(2)3)20-14(26)21-15(11,24)16(17,18)19/h5-8,11-12,24H,4H2,1-3H3,(H2,20,21,26). The summed E-state index contributed by atoms with van der Waals surface area (Å²) in [6.07, 6.45) is -5.15. The molecular formula is C16H20F3N3O3S. The van der Waals surface area contributed by atoms with Crippen LogP contribution in [0.3, 0.4) is 0 Å². The maximum absolute atomic E-state index is 13.6. The van der Waals surface area contributed by atoms with Crippen LogP contribution in [0.25, 0.3) is 0 Å². The van der Waals surface area contributed by atoms with Crippen LogP contribution < -0.4 is 15.5 Å². The highest BCUT2D eigenvalue weighted by Gasteiger charge is 2.66. The fourth-order valence-corrected chi connectivity index (χ4v) is 3.08. The third kappa shape index (κ3) is 3.70. The number of nitrogens with zero attached hydrogens (tertiary/aromatic N) is 1. The second-order valence-corrected chi connectivity index (χ2v) is 6.46. The van der Waals surface area contributed by atoms with Gasteiger partial charge in [-0.05, 0) is 36.8 Å². The Labute approximate surface area is 154 Å². The van der Waals surface area contributed by atoms with Crippen LogP contribution in [0.15, 0.2) is 24.3 Å². The summed E-state index contributed by atoms with van der Waals surface area (Å²) in [5, 5.41) is 14.4. The number of alkyl halides is 3. The molecule has 10 heteroatoms. The molecule has 3 N–H and O–H groups in total. The van der Waals surface area contributed by atoms with Crippen molar-refractivity contribution in [1.29, 1.82) is 0 Å². The van der Waals surface area contributed by atoms with Crippen molar-refractivity contribution in [1.82, 2.24) is 10.6 Å². The van der Waals surface area contributed by atoms with E-state index in [0.717, 1.165) is 5.69 Å². The lowest BCUT2D eigenvalue weighted by Crippen LogP contribution is -2.73. The number of ether oxygens (including phenoxy) is 1. The van der Waals surface area contributed by atoms with Crippen molar-refractivity contribution in [3.05, 3.63) is 29.8 Å². The van der Waals surface area contributed by atoms with E-state index in [1.165, 1.54) is 6.92 Å². The Bertz CT molecular complexity index is 682. The van der Waals surface area contributed by atoms with E-state index in [-0.39, 0.29) is 6.61 Å². The number of rotatable bonds is 4. The number of esters is 1. The van der Waals surface area contributed by atoms with Crippen molar-refractivity contribution in [3.63, 3.8) is 0 Å². The summed E-state index contributed by atoms with van der Waals surface area (Å²) >= 11 is 4.83. The molecule has 0 bridgehead atoms. The smallest absolute Gasteiger partial charge is 0.437 e. The van der Waals surface area contributed by atoms with Crippen molar-refractivity contribution in [2.45, 2.75) is 24.9 Å². The van der Waals surface area contributed by atoms with Crippen LogP contribution in [0, 0.1) is 5.92 Å². The minimum Gasteiger partial charge on any atom is -0.466 e. The molecule has 0 spiro atoms. The SMILES string of the molecule is CCOC(=O)C1C(c2ccc(N(C)C)cc2)NC(=S)NC1(O)C(F)(F)F. The number of nitrogens with one attached hydrogen (secondary N) is 2. The Balaban J connectivity index is 2.52. The normalized spacial score (nSPS) is 25.9. The molecule has 1 aliphatic rings. The number of hydrogen-bond acceptors (Lipinski definition) is 5. The molecule has 1 aromatic carbocycles. The Morgan fingerprint density at radius 3 is 2.38 bits per heavy atom. The zero-order valence-corrected chi connectivity index (χ0v) is 15.2. The van der Waals surface area contributed by atoms with Gasteiger partial charge in [-0.1, -0.05) is 12.1 Å². The highest BCUT2D eigenvalue weighted by Crippen LogP contribution is 2.43. The molecule has 1 saturated heterocycles. The summed E-state index contributed by atoms with van der Waals surface area (Å²) in [4.78, 5) is 14.1. The molecule has 1 heterocycles. The molecule has 6 nitrogen and oxygen atoms in total. The molecule has 1 aliphatic heterocycles. The van der Waals surface area contributed by atoms with E-state index in [2.05, 4.69) is 5.32 Å². The van der Waals surface area contributed by atoms with Crippen molar-refractivity contribution in [2.24, 2.45) is 5.92 Å². The van der Waals surface area contributed by atoms with E-state index in [0.29, 0.717) is 5.56 Å². The summed E-state index contributed by atoms with van der Waals surface area (Å²) in [5.41, 5.74) is -2.36. The first-order valence-corrected chi connectivity index (χ1v) is 8.23. The number of anilines is 1. The number of thiocarbonyl (C=S) groups is 1. The molecule has 3 atom stereocenters. The van der Waals surface area contributed by atoms with Gasteiger partial charge in [-0.2, -0.15) is 13.2 Å². The molecule has 144 valence electrons. The summed E-state index contributed by atoms with van der Waals surface area (Å²) < 4.78 is 45.6. The van der Waals surface area contributed by atoms with E-state index in [4.69, 9.17) is 17.0 Å². The van der Waals surface area contributed by atoms with Crippen LogP contribution in [-0.4, -0.2) is 48.8 Å². The summed E-state index contributed by atoms with van der Waals surface area (Å²) in [7, 11) is 3.63. The van der Waals surface area contributed by atoms with Gasteiger partial charge in [0.05, 0.1) is 12.6 Å². The third-order valence-corrected chi connectivity index (χ3v) is 4.34. The number of carbonyl (C=O) groups excluding carboxylic acids is 1. The topological polar surface area (TPSA) is 73.8 Å². The van der Waals surface area contributed by atoms with Gasteiger partial charge in [0.25, 0.3) is 5.72 Å². The van der Waals surface area contributed by atoms with Crippen molar-refractivity contribution in [3.8, 4) is 0 Å². The average Bonchev–Trinajstić information content (AvgIpc) is 2.53. The minimum absolute atomic E-state index is 0.125. The average molecular weight is 391 g/mol. The summed E-state index contributed by atoms with van der Waals surface area (Å²) in [6.45, 7) is 1.35. The zero-order valence-electron chi connectivity index (χ0n) is 14.4. The monoisotopic (exact) mass is 391 g/mol. The highest BCUT2D eigenvalue weighted by atomic mass is 32.1. The van der Waals surface area contributed by atoms with Crippen LogP contribution in [-0.2, 0) is 9.53 Å². The van der Waals surface area contributed by atoms with Crippen molar-refractivity contribution >= 4 is 29.0 Å². The molecule has 1 aromatic rings. The van der Waals surface area contributed by atoms with Gasteiger partial charge in [-0.15, -0.1) is 0 Å².